The van der Waals surface area contributed by atoms with Gasteiger partial charge in [-0.15, -0.1) is 0 Å². The third-order valence-electron chi connectivity index (χ3n) is 2.54. The first kappa shape index (κ1) is 14.6. The van der Waals surface area contributed by atoms with E-state index in [1.54, 1.807) is 0 Å². The number of allylic oxidation sites excluding steroid dienone is 1. The molecule has 0 aliphatic heterocycles. The Balaban J connectivity index is 1.93. The molecule has 0 aromatic heterocycles. The minimum absolute atomic E-state index is 0.283. The van der Waals surface area contributed by atoms with Crippen molar-refractivity contribution in [3.63, 3.8) is 0 Å². The van der Waals surface area contributed by atoms with Crippen molar-refractivity contribution in [1.29, 1.82) is 0 Å². The van der Waals surface area contributed by atoms with E-state index < -0.39 is 0 Å². The average Bonchev–Trinajstić information content (AvgIpc) is 2.40. The van der Waals surface area contributed by atoms with Gasteiger partial charge in [0.15, 0.2) is 0 Å². The van der Waals surface area contributed by atoms with Crippen molar-refractivity contribution in [2.45, 2.75) is 18.2 Å². The van der Waals surface area contributed by atoms with Crippen LogP contribution in [-0.2, 0) is 0 Å². The van der Waals surface area contributed by atoms with E-state index in [4.69, 9.17) is 0 Å². The van der Waals surface area contributed by atoms with Crippen LogP contribution in [0, 0.1) is 0 Å². The van der Waals surface area contributed by atoms with Crippen LogP contribution in [0.5, 0.6) is 0 Å². The van der Waals surface area contributed by atoms with E-state index in [0.717, 1.165) is 0 Å². The number of hydrogen-bond donors (Lipinski definition) is 0. The van der Waals surface area contributed by atoms with Crippen molar-refractivity contribution in [2.24, 2.45) is 0 Å². The Labute approximate surface area is 128 Å². The van der Waals surface area contributed by atoms with Crippen molar-refractivity contribution in [2.75, 3.05) is 0 Å². The Hall–Kier alpha value is -0.781. The second-order valence-electron chi connectivity index (χ2n) is 4.75. The van der Waals surface area contributed by atoms with E-state index in [9.17, 15) is 0 Å². The molecule has 0 bridgehead atoms. The molecule has 2 aromatic rings. The van der Waals surface area contributed by atoms with Gasteiger partial charge in [-0.05, 0) is 0 Å². The average molecular weight is 380 g/mol. The van der Waals surface area contributed by atoms with Gasteiger partial charge in [-0.1, -0.05) is 0 Å². The van der Waals surface area contributed by atoms with Gasteiger partial charge in [0.05, 0.1) is 0 Å². The fraction of sp³-hybridized carbons (Fsp3) is 0.176. The molecule has 0 fully saturated rings. The third-order valence-corrected chi connectivity index (χ3v) is 6.71. The van der Waals surface area contributed by atoms with Crippen molar-refractivity contribution in [3.8, 4) is 0 Å². The molecule has 0 aliphatic rings. The van der Waals surface area contributed by atoms with Crippen molar-refractivity contribution < 1.29 is 0 Å². The molecule has 0 amide bonds. The molecule has 0 unspecified atom stereocenters. The van der Waals surface area contributed by atoms with Crippen molar-refractivity contribution >= 4 is 38.8 Å². The zero-order valence-corrected chi connectivity index (χ0v) is 14.7. The molecular weight excluding hydrogens is 362 g/mol. The zero-order chi connectivity index (χ0) is 13.6. The van der Waals surface area contributed by atoms with Gasteiger partial charge in [0.25, 0.3) is 0 Å². The summed E-state index contributed by atoms with van der Waals surface area (Å²) in [7, 11) is 0. The first-order valence-electron chi connectivity index (χ1n) is 6.29. The molecule has 0 saturated carbocycles. The van der Waals surface area contributed by atoms with Gasteiger partial charge in [0, 0.05) is 0 Å². The van der Waals surface area contributed by atoms with E-state index in [-0.39, 0.29) is 4.31 Å². The Bertz CT molecular complexity index is 515. The standard InChI is InChI=1S/C17H18Se2/c1-17(2,19-16-11-7-4-8-12-16)13-14-18-15-9-5-3-6-10-15/h3-14H,1-2H3/b14-13+. The predicted molar refractivity (Wildman–Crippen MR) is 86.8 cm³/mol. The molecule has 0 N–H and O–H groups in total. The number of rotatable bonds is 5. The van der Waals surface area contributed by atoms with E-state index in [2.05, 4.69) is 85.6 Å². The molecule has 2 heteroatoms. The predicted octanol–water partition coefficient (Wildman–Crippen LogP) is 2.76. The van der Waals surface area contributed by atoms with Gasteiger partial charge < -0.3 is 0 Å². The van der Waals surface area contributed by atoms with Crippen LogP contribution < -0.4 is 8.92 Å². The molecule has 0 aliphatic carbocycles. The monoisotopic (exact) mass is 382 g/mol. The van der Waals surface area contributed by atoms with Crippen LogP contribution in [0.3, 0.4) is 0 Å². The summed E-state index contributed by atoms with van der Waals surface area (Å²) in [6.45, 7) is 4.66. The van der Waals surface area contributed by atoms with Gasteiger partial charge in [0.2, 0.25) is 0 Å². The van der Waals surface area contributed by atoms with Crippen molar-refractivity contribution in [1.82, 2.24) is 0 Å². The van der Waals surface area contributed by atoms with Gasteiger partial charge in [0.1, 0.15) is 0 Å². The van der Waals surface area contributed by atoms with Gasteiger partial charge in [-0.2, -0.15) is 0 Å². The second-order valence-corrected chi connectivity index (χ2v) is 10.4. The van der Waals surface area contributed by atoms with E-state index in [1.807, 2.05) is 0 Å². The number of benzene rings is 2. The van der Waals surface area contributed by atoms with E-state index in [0.29, 0.717) is 29.9 Å². The van der Waals surface area contributed by atoms with Crippen molar-refractivity contribution in [3.05, 3.63) is 71.7 Å². The summed E-state index contributed by atoms with van der Waals surface area (Å²) in [5.74, 6) is 0. The molecule has 0 heterocycles. The first-order valence-corrected chi connectivity index (χ1v) is 9.85. The summed E-state index contributed by atoms with van der Waals surface area (Å²) in [5.41, 5.74) is 0. The third kappa shape index (κ3) is 5.38. The Kier molecular flexibility index (Phi) is 5.48. The van der Waals surface area contributed by atoms with Crippen LogP contribution in [0.1, 0.15) is 13.8 Å². The van der Waals surface area contributed by atoms with Gasteiger partial charge >= 0.3 is 129 Å². The molecule has 0 radical (unpaired) electrons. The molecule has 0 nitrogen and oxygen atoms in total. The summed E-state index contributed by atoms with van der Waals surface area (Å²) in [6, 6.07) is 21.5. The first-order chi connectivity index (χ1) is 9.16. The molecule has 0 saturated heterocycles. The van der Waals surface area contributed by atoms with Crippen LogP contribution in [0.25, 0.3) is 0 Å². The van der Waals surface area contributed by atoms with Crippen LogP contribution >= 0.6 is 0 Å². The van der Waals surface area contributed by atoms with Crippen LogP contribution in [0.4, 0.5) is 0 Å². The van der Waals surface area contributed by atoms with Crippen LogP contribution in [-0.4, -0.2) is 29.9 Å². The normalized spacial score (nSPS) is 11.9. The SMILES string of the molecule is CC(C)(/C=C/[Se]c1ccccc1)[Se]c1ccccc1. The summed E-state index contributed by atoms with van der Waals surface area (Å²) >= 11 is 0.933. The van der Waals surface area contributed by atoms with Crippen LogP contribution in [0.15, 0.2) is 71.7 Å². The fourth-order valence-electron chi connectivity index (χ4n) is 1.60. The fourth-order valence-corrected chi connectivity index (χ4v) is 6.06. The number of hydrogen-bond acceptors (Lipinski definition) is 0. The topological polar surface area (TPSA) is 0 Å². The molecule has 2 aromatic carbocycles. The Morgan fingerprint density at radius 1 is 0.789 bits per heavy atom. The zero-order valence-electron chi connectivity index (χ0n) is 11.2. The molecule has 19 heavy (non-hydrogen) atoms. The molecular formula is C17H18Se2. The second kappa shape index (κ2) is 7.12. The minimum atomic E-state index is 0.283. The quantitative estimate of drug-likeness (QED) is 0.700. The molecule has 0 atom stereocenters. The maximum absolute atomic E-state index is 2.40. The van der Waals surface area contributed by atoms with E-state index in [1.165, 1.54) is 8.92 Å². The van der Waals surface area contributed by atoms with Crippen LogP contribution in [0.2, 0.25) is 4.31 Å². The summed E-state index contributed by atoms with van der Waals surface area (Å²) in [6.07, 6.45) is 2.40. The van der Waals surface area contributed by atoms with Gasteiger partial charge in [-0.3, -0.25) is 0 Å². The maximum atomic E-state index is 2.40. The molecule has 0 spiro atoms. The van der Waals surface area contributed by atoms with E-state index >= 15 is 0 Å². The molecule has 98 valence electrons. The van der Waals surface area contributed by atoms with Gasteiger partial charge in [-0.25, -0.2) is 0 Å². The Morgan fingerprint density at radius 3 is 1.89 bits per heavy atom. The molecule has 2 rings (SSSR count). The summed E-state index contributed by atoms with van der Waals surface area (Å²) in [4.78, 5) is 2.37. The summed E-state index contributed by atoms with van der Waals surface area (Å²) < 4.78 is 3.19. The summed E-state index contributed by atoms with van der Waals surface area (Å²) in [5, 5.41) is 0. The Morgan fingerprint density at radius 2 is 1.32 bits per heavy atom.